The molecule has 0 radical (unpaired) electrons. The number of ether oxygens (including phenoxy) is 3. The molecule has 0 saturated heterocycles. The van der Waals surface area contributed by atoms with E-state index in [0.717, 1.165) is 64.5 Å². The summed E-state index contributed by atoms with van der Waals surface area (Å²) >= 11 is 0. The minimum Gasteiger partial charge on any atom is -0.469 e. The molecule has 0 aromatic rings. The van der Waals surface area contributed by atoms with Crippen LogP contribution in [0.15, 0.2) is 0 Å². The molecule has 412 valence electrons. The fourth-order valence-electron chi connectivity index (χ4n) is 9.50. The number of rotatable bonds is 52. The molecule has 0 rings (SSSR count). The summed E-state index contributed by atoms with van der Waals surface area (Å²) in [5.41, 5.74) is 0. The first-order chi connectivity index (χ1) is 34.1. The number of carbonyl (C=O) groups excluding carboxylic acids is 5. The maximum Gasteiger partial charge on any atom is 0.305 e. The van der Waals surface area contributed by atoms with Crippen LogP contribution >= 0.6 is 0 Å². The largest absolute Gasteiger partial charge is 0.469 e. The fourth-order valence-corrected chi connectivity index (χ4v) is 9.50. The van der Waals surface area contributed by atoms with Gasteiger partial charge in [0.25, 0.3) is 0 Å². The minimum atomic E-state index is -0.660. The number of unbranched alkanes of at least 4 members (excludes halogenated alkanes) is 21. The SMILES string of the molecule is CCCCCCCCC(CCCCCC)COC(=O)CCCCCC(C(=O)NCCCC(=O)OCC(CCCCCC)CCCCCCCC)N(CCN(CC)CC)C(=O)CCCCCCC(=O)OC. The van der Waals surface area contributed by atoms with Crippen LogP contribution in [0.3, 0.4) is 0 Å². The highest BCUT2D eigenvalue weighted by molar-refractivity contribution is 5.87. The summed E-state index contributed by atoms with van der Waals surface area (Å²) in [5, 5.41) is 3.11. The van der Waals surface area contributed by atoms with E-state index in [9.17, 15) is 24.0 Å². The summed E-state index contributed by atoms with van der Waals surface area (Å²) in [7, 11) is 1.40. The molecule has 70 heavy (non-hydrogen) atoms. The van der Waals surface area contributed by atoms with E-state index in [4.69, 9.17) is 14.2 Å². The molecule has 3 unspecified atom stereocenters. The lowest BCUT2D eigenvalue weighted by molar-refractivity contribution is -0.146. The molecule has 0 fully saturated rings. The van der Waals surface area contributed by atoms with Gasteiger partial charge in [-0.05, 0) is 82.7 Å². The predicted octanol–water partition coefficient (Wildman–Crippen LogP) is 14.6. The van der Waals surface area contributed by atoms with Crippen LogP contribution in [0.4, 0.5) is 0 Å². The minimum absolute atomic E-state index is 0.0390. The average Bonchev–Trinajstić information content (AvgIpc) is 3.36. The second kappa shape index (κ2) is 49.9. The van der Waals surface area contributed by atoms with E-state index in [1.54, 1.807) is 4.90 Å². The Morgan fingerprint density at radius 3 is 1.24 bits per heavy atom. The molecule has 0 aromatic heterocycles. The van der Waals surface area contributed by atoms with Crippen LogP contribution in [0.25, 0.3) is 0 Å². The van der Waals surface area contributed by atoms with Crippen LogP contribution in [-0.4, -0.2) is 98.6 Å². The van der Waals surface area contributed by atoms with Gasteiger partial charge in [-0.1, -0.05) is 196 Å². The van der Waals surface area contributed by atoms with Crippen molar-refractivity contribution in [1.82, 2.24) is 15.1 Å². The number of hydrogen-bond donors (Lipinski definition) is 1. The Bertz CT molecular complexity index is 1250. The van der Waals surface area contributed by atoms with E-state index in [1.807, 2.05) is 0 Å². The number of nitrogens with one attached hydrogen (secondary N) is 1. The van der Waals surface area contributed by atoms with Crippen molar-refractivity contribution in [3.63, 3.8) is 0 Å². The first kappa shape index (κ1) is 67.3. The Morgan fingerprint density at radius 2 is 0.786 bits per heavy atom. The van der Waals surface area contributed by atoms with Gasteiger partial charge < -0.3 is 29.3 Å². The summed E-state index contributed by atoms with van der Waals surface area (Å²) in [6.07, 6.45) is 36.7. The van der Waals surface area contributed by atoms with Gasteiger partial charge in [0.05, 0.1) is 20.3 Å². The van der Waals surface area contributed by atoms with Gasteiger partial charge in [-0.25, -0.2) is 0 Å². The third-order valence-electron chi connectivity index (χ3n) is 14.3. The van der Waals surface area contributed by atoms with Gasteiger partial charge >= 0.3 is 17.9 Å². The van der Waals surface area contributed by atoms with Crippen LogP contribution in [0.2, 0.25) is 0 Å². The van der Waals surface area contributed by atoms with Crippen LogP contribution in [0.5, 0.6) is 0 Å². The van der Waals surface area contributed by atoms with Gasteiger partial charge in [0.1, 0.15) is 6.04 Å². The van der Waals surface area contributed by atoms with E-state index in [0.29, 0.717) is 96.1 Å². The number of hydrogen-bond acceptors (Lipinski definition) is 9. The number of methoxy groups -OCH3 is 1. The van der Waals surface area contributed by atoms with Crippen molar-refractivity contribution in [1.29, 1.82) is 0 Å². The van der Waals surface area contributed by atoms with Crippen LogP contribution in [0, 0.1) is 11.8 Å². The van der Waals surface area contributed by atoms with Crippen molar-refractivity contribution in [2.75, 3.05) is 53.0 Å². The zero-order valence-electron chi connectivity index (χ0n) is 47.0. The van der Waals surface area contributed by atoms with Gasteiger partial charge in [-0.2, -0.15) is 0 Å². The molecule has 0 saturated carbocycles. The van der Waals surface area contributed by atoms with Gasteiger partial charge in [0.2, 0.25) is 11.8 Å². The zero-order chi connectivity index (χ0) is 51.7. The summed E-state index contributed by atoms with van der Waals surface area (Å²) in [6, 6.07) is -0.660. The van der Waals surface area contributed by atoms with Crippen molar-refractivity contribution < 1.29 is 38.2 Å². The molecule has 0 aliphatic rings. The van der Waals surface area contributed by atoms with Gasteiger partial charge in [0, 0.05) is 45.3 Å². The van der Waals surface area contributed by atoms with Crippen LogP contribution in [-0.2, 0) is 38.2 Å². The second-order valence-electron chi connectivity index (χ2n) is 20.5. The summed E-state index contributed by atoms with van der Waals surface area (Å²) in [6.45, 7) is 17.3. The Hall–Kier alpha value is -2.69. The number of nitrogens with zero attached hydrogens (tertiary/aromatic N) is 2. The molecular weight excluding hydrogens is 879 g/mol. The molecule has 0 aliphatic carbocycles. The molecule has 2 amide bonds. The highest BCUT2D eigenvalue weighted by Gasteiger charge is 2.29. The molecule has 0 spiro atoms. The van der Waals surface area contributed by atoms with E-state index in [-0.39, 0.29) is 36.1 Å². The maximum absolute atomic E-state index is 14.2. The molecule has 11 heteroatoms. The molecule has 1 N–H and O–H groups in total. The second-order valence-corrected chi connectivity index (χ2v) is 20.5. The molecule has 0 aliphatic heterocycles. The van der Waals surface area contributed by atoms with Crippen molar-refractivity contribution >= 4 is 29.7 Å². The van der Waals surface area contributed by atoms with Crippen LogP contribution in [0.1, 0.15) is 279 Å². The Labute approximate surface area is 431 Å². The smallest absolute Gasteiger partial charge is 0.305 e. The molecular formula is C59H113N3O8. The van der Waals surface area contributed by atoms with Crippen molar-refractivity contribution in [3.05, 3.63) is 0 Å². The van der Waals surface area contributed by atoms with Gasteiger partial charge in [0.15, 0.2) is 0 Å². The average molecular weight is 993 g/mol. The number of esters is 3. The monoisotopic (exact) mass is 992 g/mol. The molecule has 0 aromatic carbocycles. The standard InChI is InChI=1S/C59H113N3O8/c1-8-14-18-22-24-31-40-52(38-29-20-16-10-3)50-69-57(65)45-36-28-33-42-54(62(49-48-61(12-5)13-6)55(63)43-34-26-27-35-44-56(64)68-7)59(67)60-47-37-46-58(66)70-51-53(39-30-21-17-11-4)41-32-25-23-19-15-9-2/h52-54H,8-51H2,1-7H3,(H,60,67). The topological polar surface area (TPSA) is 132 Å². The summed E-state index contributed by atoms with van der Waals surface area (Å²) in [5.74, 6) is 0.0142. The first-order valence-electron chi connectivity index (χ1n) is 29.8. The maximum atomic E-state index is 14.2. The summed E-state index contributed by atoms with van der Waals surface area (Å²) in [4.78, 5) is 70.0. The predicted molar refractivity (Wildman–Crippen MR) is 291 cm³/mol. The van der Waals surface area contributed by atoms with E-state index < -0.39 is 6.04 Å². The Kier molecular flexibility index (Phi) is 48.0. The molecule has 11 nitrogen and oxygen atoms in total. The molecule has 0 bridgehead atoms. The third-order valence-corrected chi connectivity index (χ3v) is 14.3. The van der Waals surface area contributed by atoms with E-state index in [2.05, 4.69) is 51.8 Å². The van der Waals surface area contributed by atoms with Gasteiger partial charge in [-0.3, -0.25) is 24.0 Å². The lowest BCUT2D eigenvalue weighted by Gasteiger charge is -2.33. The van der Waals surface area contributed by atoms with E-state index >= 15 is 0 Å². The summed E-state index contributed by atoms with van der Waals surface area (Å²) < 4.78 is 16.5. The Balaban J connectivity index is 5.65. The number of amides is 2. The lowest BCUT2D eigenvalue weighted by Crippen LogP contribution is -2.52. The van der Waals surface area contributed by atoms with Crippen LogP contribution < -0.4 is 5.32 Å². The third kappa shape index (κ3) is 39.9. The number of likely N-dealkylation sites (N-methyl/N-ethyl adjacent to an activating group) is 1. The van der Waals surface area contributed by atoms with Crippen molar-refractivity contribution in [3.8, 4) is 0 Å². The lowest BCUT2D eigenvalue weighted by atomic mass is 9.95. The molecule has 0 heterocycles. The highest BCUT2D eigenvalue weighted by atomic mass is 16.5. The number of carbonyl (C=O) groups is 5. The highest BCUT2D eigenvalue weighted by Crippen LogP contribution is 2.22. The first-order valence-corrected chi connectivity index (χ1v) is 29.8. The van der Waals surface area contributed by atoms with Crippen molar-refractivity contribution in [2.24, 2.45) is 11.8 Å². The normalized spacial score (nSPS) is 12.7. The van der Waals surface area contributed by atoms with Crippen molar-refractivity contribution in [2.45, 2.75) is 285 Å². The van der Waals surface area contributed by atoms with Gasteiger partial charge in [-0.15, -0.1) is 0 Å². The fraction of sp³-hybridized carbons (Fsp3) is 0.915. The quantitative estimate of drug-likeness (QED) is 0.0359. The van der Waals surface area contributed by atoms with E-state index in [1.165, 1.54) is 136 Å². The Morgan fingerprint density at radius 1 is 0.414 bits per heavy atom. The molecule has 3 atom stereocenters. The zero-order valence-corrected chi connectivity index (χ0v) is 47.0.